The third-order valence-corrected chi connectivity index (χ3v) is 7.99. The maximum absolute atomic E-state index is 14.2. The average Bonchev–Trinajstić information content (AvgIpc) is 3.32. The van der Waals surface area contributed by atoms with Gasteiger partial charge in [0.25, 0.3) is 10.0 Å². The van der Waals surface area contributed by atoms with Gasteiger partial charge >= 0.3 is 5.97 Å². The number of nitrogens with one attached hydrogen (secondary N) is 1. The number of benzene rings is 4. The topological polar surface area (TPSA) is 93.5 Å². The second-order valence-corrected chi connectivity index (χ2v) is 11.7. The highest BCUT2D eigenvalue weighted by molar-refractivity contribution is 7.92. The summed E-state index contributed by atoms with van der Waals surface area (Å²) in [4.78, 5) is 14.3. The number of carbonyl (C=O) groups excluding carboxylic acids is 1. The van der Waals surface area contributed by atoms with Crippen molar-refractivity contribution in [3.8, 4) is 34.0 Å². The molecule has 0 aliphatic carbocycles. The van der Waals surface area contributed by atoms with E-state index >= 15 is 0 Å². The zero-order chi connectivity index (χ0) is 30.0. The number of anilines is 2. The predicted molar refractivity (Wildman–Crippen MR) is 162 cm³/mol. The van der Waals surface area contributed by atoms with Gasteiger partial charge in [0.2, 0.25) is 5.88 Å². The molecule has 0 fully saturated rings. The van der Waals surface area contributed by atoms with Crippen molar-refractivity contribution in [2.24, 2.45) is 0 Å². The summed E-state index contributed by atoms with van der Waals surface area (Å²) in [6.45, 7) is 1.27. The van der Waals surface area contributed by atoms with E-state index in [-0.39, 0.29) is 10.8 Å². The van der Waals surface area contributed by atoms with Crippen LogP contribution in [0.3, 0.4) is 0 Å². The monoisotopic (exact) mass is 604 g/mol. The highest BCUT2D eigenvalue weighted by Crippen LogP contribution is 2.41. The minimum atomic E-state index is -3.86. The fourth-order valence-electron chi connectivity index (χ4n) is 4.33. The summed E-state index contributed by atoms with van der Waals surface area (Å²) in [7, 11) is -0.00152. The van der Waals surface area contributed by atoms with E-state index in [1.807, 2.05) is 43.3 Å². The molecule has 0 saturated heterocycles. The van der Waals surface area contributed by atoms with Gasteiger partial charge < -0.3 is 9.64 Å². The molecule has 1 aromatic heterocycles. The second kappa shape index (κ2) is 11.7. The number of ether oxygens (including phenoxy) is 1. The Hall–Kier alpha value is -4.67. The molecule has 4 aromatic carbocycles. The van der Waals surface area contributed by atoms with Crippen LogP contribution in [0.5, 0.6) is 5.88 Å². The van der Waals surface area contributed by atoms with Crippen molar-refractivity contribution in [3.05, 3.63) is 108 Å². The number of nitrogens with zero attached hydrogens (tertiary/aromatic N) is 3. The number of sulfonamides is 1. The Morgan fingerprint density at radius 1 is 0.929 bits per heavy atom. The van der Waals surface area contributed by atoms with E-state index in [1.165, 1.54) is 54.1 Å². The third-order valence-electron chi connectivity index (χ3n) is 6.34. The Labute approximate surface area is 248 Å². The molecule has 0 spiro atoms. The molecule has 0 atom stereocenters. The van der Waals surface area contributed by atoms with Crippen LogP contribution in [-0.2, 0) is 14.8 Å². The maximum atomic E-state index is 14.2. The van der Waals surface area contributed by atoms with Gasteiger partial charge in [-0.25, -0.2) is 12.8 Å². The van der Waals surface area contributed by atoms with Crippen LogP contribution >= 0.6 is 11.6 Å². The molecule has 0 amide bonds. The first-order valence-corrected chi connectivity index (χ1v) is 14.6. The number of halogens is 2. The van der Waals surface area contributed by atoms with Crippen molar-refractivity contribution >= 4 is 39.0 Å². The molecule has 1 N–H and O–H groups in total. The van der Waals surface area contributed by atoms with Crippen molar-refractivity contribution in [2.75, 3.05) is 23.7 Å². The van der Waals surface area contributed by atoms with Gasteiger partial charge in [0, 0.05) is 43.0 Å². The molecule has 0 aliphatic rings. The SMILES string of the molecule is CC(=O)Oc1c(-c2ccc(NS(=O)(=O)c3ccc(Cl)cc3)cc2)c(-c2ccc(N(C)C)cc2)nn1-c1cccc(F)c1. The van der Waals surface area contributed by atoms with Gasteiger partial charge in [-0.05, 0) is 72.3 Å². The van der Waals surface area contributed by atoms with Crippen molar-refractivity contribution < 1.29 is 22.3 Å². The standard InChI is InChI=1S/C31H26ClFN4O4S/c1-20(38)41-31-29(21-7-13-25(14-8-21)35-42(39,40)28-17-11-23(32)12-18-28)30(22-9-15-26(16-10-22)36(2)3)34-37(31)27-6-4-5-24(33)19-27/h4-19,35H,1-3H3. The number of aromatic nitrogens is 2. The second-order valence-electron chi connectivity index (χ2n) is 9.59. The fraction of sp³-hybridized carbons (Fsp3) is 0.0968. The van der Waals surface area contributed by atoms with Crippen LogP contribution in [0.1, 0.15) is 6.92 Å². The summed E-state index contributed by atoms with van der Waals surface area (Å²) in [5.74, 6) is -0.975. The molecule has 0 aliphatic heterocycles. The van der Waals surface area contributed by atoms with E-state index in [1.54, 1.807) is 30.3 Å². The molecule has 0 unspecified atom stereocenters. The lowest BCUT2D eigenvalue weighted by Crippen LogP contribution is -2.12. The largest absolute Gasteiger partial charge is 0.407 e. The predicted octanol–water partition coefficient (Wildman–Crippen LogP) is 6.79. The van der Waals surface area contributed by atoms with Crippen molar-refractivity contribution in [3.63, 3.8) is 0 Å². The molecule has 0 radical (unpaired) electrons. The average molecular weight is 605 g/mol. The van der Waals surface area contributed by atoms with Crippen LogP contribution < -0.4 is 14.4 Å². The molecule has 5 rings (SSSR count). The van der Waals surface area contributed by atoms with Gasteiger partial charge in [0.05, 0.1) is 16.1 Å². The van der Waals surface area contributed by atoms with E-state index in [0.29, 0.717) is 33.2 Å². The van der Waals surface area contributed by atoms with E-state index in [9.17, 15) is 17.6 Å². The Kier molecular flexibility index (Phi) is 8.02. The number of rotatable bonds is 8. The summed E-state index contributed by atoms with van der Waals surface area (Å²) in [6, 6.07) is 25.8. The molecular formula is C31H26ClFN4O4S. The quantitative estimate of drug-likeness (QED) is 0.196. The van der Waals surface area contributed by atoms with Crippen molar-refractivity contribution in [2.45, 2.75) is 11.8 Å². The van der Waals surface area contributed by atoms with Gasteiger partial charge in [0.1, 0.15) is 11.5 Å². The van der Waals surface area contributed by atoms with Gasteiger partial charge in [-0.2, -0.15) is 9.78 Å². The van der Waals surface area contributed by atoms with E-state index in [4.69, 9.17) is 21.4 Å². The summed E-state index contributed by atoms with van der Waals surface area (Å²) in [5, 5.41) is 5.19. The molecule has 1 heterocycles. The first-order chi connectivity index (χ1) is 20.0. The number of carbonyl (C=O) groups is 1. The molecule has 0 bridgehead atoms. The van der Waals surface area contributed by atoms with Crippen LogP contribution in [0.2, 0.25) is 5.02 Å². The maximum Gasteiger partial charge on any atom is 0.309 e. The molecule has 5 aromatic rings. The Morgan fingerprint density at radius 2 is 1.57 bits per heavy atom. The Balaban J connectivity index is 1.63. The minimum Gasteiger partial charge on any atom is -0.407 e. The Bertz CT molecular complexity index is 1860. The lowest BCUT2D eigenvalue weighted by Gasteiger charge is -2.13. The zero-order valence-electron chi connectivity index (χ0n) is 22.9. The summed E-state index contributed by atoms with van der Waals surface area (Å²) in [5.41, 5.74) is 3.92. The van der Waals surface area contributed by atoms with Gasteiger partial charge in [-0.15, -0.1) is 0 Å². The van der Waals surface area contributed by atoms with Crippen LogP contribution in [0.4, 0.5) is 15.8 Å². The summed E-state index contributed by atoms with van der Waals surface area (Å²) < 4.78 is 49.6. The van der Waals surface area contributed by atoms with E-state index < -0.39 is 21.8 Å². The van der Waals surface area contributed by atoms with Gasteiger partial charge in [-0.1, -0.05) is 41.9 Å². The lowest BCUT2D eigenvalue weighted by atomic mass is 10.0. The van der Waals surface area contributed by atoms with Crippen LogP contribution in [0.25, 0.3) is 28.1 Å². The number of hydrogen-bond acceptors (Lipinski definition) is 6. The third kappa shape index (κ3) is 6.14. The Morgan fingerprint density at radius 3 is 2.17 bits per heavy atom. The van der Waals surface area contributed by atoms with Crippen LogP contribution in [0.15, 0.2) is 102 Å². The highest BCUT2D eigenvalue weighted by atomic mass is 35.5. The van der Waals surface area contributed by atoms with Gasteiger partial charge in [0.15, 0.2) is 0 Å². The highest BCUT2D eigenvalue weighted by Gasteiger charge is 2.25. The normalized spacial score (nSPS) is 11.3. The molecule has 42 heavy (non-hydrogen) atoms. The molecule has 8 nitrogen and oxygen atoms in total. The van der Waals surface area contributed by atoms with Crippen molar-refractivity contribution in [1.82, 2.24) is 9.78 Å². The van der Waals surface area contributed by atoms with E-state index in [0.717, 1.165) is 11.3 Å². The molecular weight excluding hydrogens is 579 g/mol. The number of hydrogen-bond donors (Lipinski definition) is 1. The van der Waals surface area contributed by atoms with E-state index in [2.05, 4.69) is 4.72 Å². The van der Waals surface area contributed by atoms with Crippen molar-refractivity contribution in [1.29, 1.82) is 0 Å². The van der Waals surface area contributed by atoms with Crippen LogP contribution in [-0.4, -0.2) is 38.3 Å². The lowest BCUT2D eigenvalue weighted by molar-refractivity contribution is -0.132. The first-order valence-electron chi connectivity index (χ1n) is 12.8. The summed E-state index contributed by atoms with van der Waals surface area (Å²) in [6.07, 6.45) is 0. The molecule has 11 heteroatoms. The first kappa shape index (κ1) is 28.8. The number of esters is 1. The zero-order valence-corrected chi connectivity index (χ0v) is 24.4. The van der Waals surface area contributed by atoms with Gasteiger partial charge in [-0.3, -0.25) is 9.52 Å². The summed E-state index contributed by atoms with van der Waals surface area (Å²) >= 11 is 5.89. The van der Waals surface area contributed by atoms with Crippen LogP contribution in [0, 0.1) is 5.82 Å². The fourth-order valence-corrected chi connectivity index (χ4v) is 5.51. The minimum absolute atomic E-state index is 0.0629. The smallest absolute Gasteiger partial charge is 0.309 e. The molecule has 0 saturated carbocycles. The molecule has 214 valence electrons.